The van der Waals surface area contributed by atoms with E-state index < -0.39 is 0 Å². The van der Waals surface area contributed by atoms with Gasteiger partial charge in [-0.3, -0.25) is 0 Å². The van der Waals surface area contributed by atoms with E-state index in [2.05, 4.69) is 64.2 Å². The summed E-state index contributed by atoms with van der Waals surface area (Å²) < 4.78 is 0. The van der Waals surface area contributed by atoms with Gasteiger partial charge in [0.1, 0.15) is 0 Å². The van der Waals surface area contributed by atoms with Crippen LogP contribution in [0.5, 0.6) is 0 Å². The maximum absolute atomic E-state index is 3.64. The molecule has 0 fully saturated rings. The van der Waals surface area contributed by atoms with E-state index in [0.717, 1.165) is 30.8 Å². The zero-order chi connectivity index (χ0) is 15.0. The van der Waals surface area contributed by atoms with Crippen LogP contribution in [0.3, 0.4) is 0 Å². The molecule has 20 heavy (non-hydrogen) atoms. The summed E-state index contributed by atoms with van der Waals surface area (Å²) in [7, 11) is 0. The Labute approximate surface area is 126 Å². The van der Waals surface area contributed by atoms with Gasteiger partial charge >= 0.3 is 0 Å². The molecule has 1 heteroatoms. The summed E-state index contributed by atoms with van der Waals surface area (Å²) in [5.41, 5.74) is 2.83. The molecule has 1 aromatic carbocycles. The van der Waals surface area contributed by atoms with Crippen LogP contribution in [0.15, 0.2) is 24.3 Å². The number of nitrogens with one attached hydrogen (secondary N) is 1. The van der Waals surface area contributed by atoms with Crippen molar-refractivity contribution in [1.29, 1.82) is 0 Å². The van der Waals surface area contributed by atoms with Gasteiger partial charge in [0.2, 0.25) is 0 Å². The van der Waals surface area contributed by atoms with E-state index in [0.29, 0.717) is 0 Å². The number of aryl methyl sites for hydroxylation is 1. The number of hydrogen-bond donors (Lipinski definition) is 1. The lowest BCUT2D eigenvalue weighted by Crippen LogP contribution is -2.27. The van der Waals surface area contributed by atoms with Crippen molar-refractivity contribution >= 4 is 0 Å². The van der Waals surface area contributed by atoms with Crippen molar-refractivity contribution in [1.82, 2.24) is 5.32 Å². The van der Waals surface area contributed by atoms with Crippen LogP contribution in [-0.2, 0) is 6.42 Å². The molecule has 1 unspecified atom stereocenters. The normalized spacial score (nSPS) is 13.2. The molecule has 1 aromatic rings. The Morgan fingerprint density at radius 3 is 2.05 bits per heavy atom. The maximum Gasteiger partial charge on any atom is -0.00172 e. The van der Waals surface area contributed by atoms with E-state index in [1.54, 1.807) is 0 Å². The molecule has 0 spiro atoms. The quantitative estimate of drug-likeness (QED) is 0.680. The third kappa shape index (κ3) is 7.69. The molecule has 0 saturated carbocycles. The first-order chi connectivity index (χ1) is 9.47. The van der Waals surface area contributed by atoms with E-state index in [-0.39, 0.29) is 0 Å². The first-order valence-electron chi connectivity index (χ1n) is 8.23. The summed E-state index contributed by atoms with van der Waals surface area (Å²) in [5.74, 6) is 2.31. The molecule has 1 atom stereocenters. The second-order valence-corrected chi connectivity index (χ2v) is 7.08. The molecule has 0 aliphatic rings. The molecule has 0 heterocycles. The molecule has 0 aliphatic carbocycles. The fourth-order valence-electron chi connectivity index (χ4n) is 2.48. The van der Waals surface area contributed by atoms with Crippen LogP contribution in [0.4, 0.5) is 0 Å². The number of hydrogen-bond acceptors (Lipinski definition) is 1. The molecule has 0 aliphatic heterocycles. The SMILES string of the molecule is Cc1ccc(CC(CCC(C)C)CNCC(C)C)cc1. The predicted molar refractivity (Wildman–Crippen MR) is 90.2 cm³/mol. The van der Waals surface area contributed by atoms with Crippen molar-refractivity contribution in [3.8, 4) is 0 Å². The standard InChI is InChI=1S/C19H33N/c1-15(2)6-9-19(14-20-13-16(3)4)12-18-10-7-17(5)8-11-18/h7-8,10-11,15-16,19-20H,6,9,12-14H2,1-5H3. The van der Waals surface area contributed by atoms with Gasteiger partial charge in [0, 0.05) is 0 Å². The van der Waals surface area contributed by atoms with Crippen LogP contribution < -0.4 is 5.32 Å². The molecule has 114 valence electrons. The van der Waals surface area contributed by atoms with E-state index >= 15 is 0 Å². The van der Waals surface area contributed by atoms with Gasteiger partial charge in [-0.2, -0.15) is 0 Å². The van der Waals surface area contributed by atoms with Crippen molar-refractivity contribution in [2.45, 2.75) is 53.9 Å². The van der Waals surface area contributed by atoms with E-state index in [4.69, 9.17) is 0 Å². The van der Waals surface area contributed by atoms with Crippen molar-refractivity contribution < 1.29 is 0 Å². The Bertz CT molecular complexity index is 351. The lowest BCUT2D eigenvalue weighted by Gasteiger charge is -2.20. The Kier molecular flexibility index (Phi) is 7.91. The predicted octanol–water partition coefficient (Wildman–Crippen LogP) is 4.84. The van der Waals surface area contributed by atoms with Gasteiger partial charge in [0.15, 0.2) is 0 Å². The van der Waals surface area contributed by atoms with Gasteiger partial charge in [-0.05, 0) is 56.2 Å². The highest BCUT2D eigenvalue weighted by molar-refractivity contribution is 5.21. The molecule has 0 amide bonds. The second kappa shape index (κ2) is 9.18. The maximum atomic E-state index is 3.64. The van der Waals surface area contributed by atoms with Crippen LogP contribution in [0, 0.1) is 24.7 Å². The Morgan fingerprint density at radius 1 is 0.850 bits per heavy atom. The molecule has 0 radical (unpaired) electrons. The van der Waals surface area contributed by atoms with Gasteiger partial charge in [-0.25, -0.2) is 0 Å². The van der Waals surface area contributed by atoms with Crippen LogP contribution in [0.25, 0.3) is 0 Å². The molecule has 1 N–H and O–H groups in total. The monoisotopic (exact) mass is 275 g/mol. The largest absolute Gasteiger partial charge is 0.316 e. The van der Waals surface area contributed by atoms with E-state index in [9.17, 15) is 0 Å². The average molecular weight is 275 g/mol. The van der Waals surface area contributed by atoms with Crippen molar-refractivity contribution in [2.24, 2.45) is 17.8 Å². The zero-order valence-electron chi connectivity index (χ0n) is 14.1. The zero-order valence-corrected chi connectivity index (χ0v) is 14.1. The molecule has 1 rings (SSSR count). The fraction of sp³-hybridized carbons (Fsp3) is 0.684. The minimum absolute atomic E-state index is 0.736. The third-order valence-corrected chi connectivity index (χ3v) is 3.78. The third-order valence-electron chi connectivity index (χ3n) is 3.78. The molecule has 0 saturated heterocycles. The number of benzene rings is 1. The Balaban J connectivity index is 2.49. The van der Waals surface area contributed by atoms with Gasteiger partial charge in [0.25, 0.3) is 0 Å². The van der Waals surface area contributed by atoms with Crippen molar-refractivity contribution in [3.05, 3.63) is 35.4 Å². The van der Waals surface area contributed by atoms with Gasteiger partial charge < -0.3 is 5.32 Å². The van der Waals surface area contributed by atoms with Crippen molar-refractivity contribution in [2.75, 3.05) is 13.1 Å². The highest BCUT2D eigenvalue weighted by atomic mass is 14.9. The lowest BCUT2D eigenvalue weighted by molar-refractivity contribution is 0.389. The summed E-state index contributed by atoms with van der Waals surface area (Å²) in [4.78, 5) is 0. The summed E-state index contributed by atoms with van der Waals surface area (Å²) >= 11 is 0. The molecule has 0 bridgehead atoms. The van der Waals surface area contributed by atoms with E-state index in [1.165, 1.54) is 30.4 Å². The highest BCUT2D eigenvalue weighted by Crippen LogP contribution is 2.17. The lowest BCUT2D eigenvalue weighted by atomic mass is 9.91. The number of rotatable bonds is 9. The van der Waals surface area contributed by atoms with Gasteiger partial charge in [0.05, 0.1) is 0 Å². The molecule has 0 aromatic heterocycles. The molecular formula is C19H33N. The van der Waals surface area contributed by atoms with Crippen LogP contribution in [-0.4, -0.2) is 13.1 Å². The highest BCUT2D eigenvalue weighted by Gasteiger charge is 2.11. The Hall–Kier alpha value is -0.820. The fourth-order valence-corrected chi connectivity index (χ4v) is 2.48. The van der Waals surface area contributed by atoms with E-state index in [1.807, 2.05) is 0 Å². The average Bonchev–Trinajstić information content (AvgIpc) is 2.37. The minimum atomic E-state index is 0.736. The summed E-state index contributed by atoms with van der Waals surface area (Å²) in [5, 5.41) is 3.64. The van der Waals surface area contributed by atoms with Gasteiger partial charge in [-0.15, -0.1) is 0 Å². The Morgan fingerprint density at radius 2 is 1.50 bits per heavy atom. The topological polar surface area (TPSA) is 12.0 Å². The van der Waals surface area contributed by atoms with Crippen molar-refractivity contribution in [3.63, 3.8) is 0 Å². The van der Waals surface area contributed by atoms with Crippen LogP contribution >= 0.6 is 0 Å². The summed E-state index contributed by atoms with van der Waals surface area (Å²) in [6, 6.07) is 9.05. The van der Waals surface area contributed by atoms with Crippen LogP contribution in [0.2, 0.25) is 0 Å². The first-order valence-corrected chi connectivity index (χ1v) is 8.23. The summed E-state index contributed by atoms with van der Waals surface area (Å²) in [6.07, 6.45) is 3.87. The van der Waals surface area contributed by atoms with Crippen LogP contribution in [0.1, 0.15) is 51.7 Å². The second-order valence-electron chi connectivity index (χ2n) is 7.08. The molecular weight excluding hydrogens is 242 g/mol. The summed E-state index contributed by atoms with van der Waals surface area (Å²) in [6.45, 7) is 13.6. The first kappa shape index (κ1) is 17.2. The minimum Gasteiger partial charge on any atom is -0.316 e. The molecule has 1 nitrogen and oxygen atoms in total. The smallest absolute Gasteiger partial charge is 0.00172 e. The van der Waals surface area contributed by atoms with Gasteiger partial charge in [-0.1, -0.05) is 63.9 Å².